The summed E-state index contributed by atoms with van der Waals surface area (Å²) >= 11 is 0. The minimum Gasteiger partial charge on any atom is -0.505 e. The fourth-order valence-electron chi connectivity index (χ4n) is 1.58. The van der Waals surface area contributed by atoms with Gasteiger partial charge < -0.3 is 14.8 Å². The molecule has 1 aromatic carbocycles. The number of phenolic OH excluding ortho intramolecular Hbond substituents is 1. The number of aromatic hydroxyl groups is 1. The maximum Gasteiger partial charge on any atom is 0.275 e. The molecule has 0 aliphatic carbocycles. The molecule has 0 aliphatic rings. The molecule has 1 heterocycles. The number of benzene rings is 1. The molecule has 0 unspecified atom stereocenters. The van der Waals surface area contributed by atoms with Crippen LogP contribution in [0, 0.1) is 5.82 Å². The molecule has 2 aromatic rings. The van der Waals surface area contributed by atoms with Crippen LogP contribution in [0.2, 0.25) is 0 Å². The number of hydrogen-bond acceptors (Lipinski definition) is 5. The molecule has 8 heteroatoms. The molecule has 2 N–H and O–H groups in total. The summed E-state index contributed by atoms with van der Waals surface area (Å²) in [4.78, 5) is 0. The first-order valence-electron chi connectivity index (χ1n) is 6.04. The number of phenols is 1. The Morgan fingerprint density at radius 2 is 2.00 bits per heavy atom. The average molecular weight is 314 g/mol. The van der Waals surface area contributed by atoms with Gasteiger partial charge in [0.15, 0.2) is 11.6 Å². The molecular weight excluding hydrogens is 299 g/mol. The SMILES string of the molecule is CN(C)S(=O)(=O)c1ccc(CNc2ccc(O)c(F)c2)o1. The van der Waals surface area contributed by atoms with E-state index in [1.165, 1.54) is 38.4 Å². The Morgan fingerprint density at radius 1 is 1.29 bits per heavy atom. The average Bonchev–Trinajstić information content (AvgIpc) is 2.89. The zero-order chi connectivity index (χ0) is 15.6. The van der Waals surface area contributed by atoms with Crippen LogP contribution < -0.4 is 5.32 Å². The fraction of sp³-hybridized carbons (Fsp3) is 0.231. The lowest BCUT2D eigenvalue weighted by Gasteiger charge is -2.08. The standard InChI is InChI=1S/C13H15FN2O4S/c1-16(2)21(18,19)13-6-4-10(20-13)8-15-9-3-5-12(17)11(14)7-9/h3-7,15,17H,8H2,1-2H3. The fourth-order valence-corrected chi connectivity index (χ4v) is 2.39. The molecule has 1 aromatic heterocycles. The summed E-state index contributed by atoms with van der Waals surface area (Å²) in [5.41, 5.74) is 0.443. The van der Waals surface area contributed by atoms with Gasteiger partial charge in [-0.1, -0.05) is 0 Å². The highest BCUT2D eigenvalue weighted by molar-refractivity contribution is 7.88. The van der Waals surface area contributed by atoms with Crippen molar-refractivity contribution in [3.63, 3.8) is 0 Å². The van der Waals surface area contributed by atoms with E-state index in [0.717, 1.165) is 10.4 Å². The zero-order valence-electron chi connectivity index (χ0n) is 11.5. The smallest absolute Gasteiger partial charge is 0.275 e. The van der Waals surface area contributed by atoms with Gasteiger partial charge in [-0.3, -0.25) is 0 Å². The van der Waals surface area contributed by atoms with Crippen molar-refractivity contribution in [2.75, 3.05) is 19.4 Å². The van der Waals surface area contributed by atoms with Crippen molar-refractivity contribution in [1.82, 2.24) is 4.31 Å². The van der Waals surface area contributed by atoms with Gasteiger partial charge in [0, 0.05) is 25.8 Å². The van der Waals surface area contributed by atoms with E-state index in [4.69, 9.17) is 9.52 Å². The van der Waals surface area contributed by atoms with Gasteiger partial charge in [-0.2, -0.15) is 0 Å². The maximum absolute atomic E-state index is 13.2. The van der Waals surface area contributed by atoms with Crippen molar-refractivity contribution in [2.24, 2.45) is 0 Å². The van der Waals surface area contributed by atoms with E-state index in [9.17, 15) is 12.8 Å². The number of furan rings is 1. The molecule has 0 radical (unpaired) electrons. The van der Waals surface area contributed by atoms with E-state index in [0.29, 0.717) is 11.4 Å². The van der Waals surface area contributed by atoms with E-state index < -0.39 is 21.6 Å². The molecule has 0 spiro atoms. The topological polar surface area (TPSA) is 82.8 Å². The predicted molar refractivity (Wildman–Crippen MR) is 75.0 cm³/mol. The Kier molecular flexibility index (Phi) is 4.19. The third-order valence-corrected chi connectivity index (χ3v) is 4.48. The molecule has 0 amide bonds. The molecule has 0 bridgehead atoms. The minimum absolute atomic E-state index is 0.152. The Hall–Kier alpha value is -2.06. The van der Waals surface area contributed by atoms with Crippen LogP contribution in [-0.4, -0.2) is 31.9 Å². The molecule has 6 nitrogen and oxygen atoms in total. The summed E-state index contributed by atoms with van der Waals surface area (Å²) in [5, 5.41) is 11.8. The first-order valence-corrected chi connectivity index (χ1v) is 7.48. The van der Waals surface area contributed by atoms with E-state index in [1.807, 2.05) is 0 Å². The summed E-state index contributed by atoms with van der Waals surface area (Å²) in [5.74, 6) is -0.780. The normalized spacial score (nSPS) is 11.8. The van der Waals surface area contributed by atoms with E-state index in [-0.39, 0.29) is 11.6 Å². The van der Waals surface area contributed by atoms with E-state index >= 15 is 0 Å². The number of sulfonamides is 1. The molecule has 0 atom stereocenters. The van der Waals surface area contributed by atoms with Crippen LogP contribution in [0.5, 0.6) is 5.75 Å². The van der Waals surface area contributed by atoms with Crippen molar-refractivity contribution in [1.29, 1.82) is 0 Å². The van der Waals surface area contributed by atoms with Gasteiger partial charge in [-0.05, 0) is 24.3 Å². The van der Waals surface area contributed by atoms with Crippen LogP contribution >= 0.6 is 0 Å². The number of halogens is 1. The summed E-state index contributed by atoms with van der Waals surface area (Å²) in [7, 11) is -0.782. The lowest BCUT2D eigenvalue weighted by molar-refractivity contribution is 0.402. The largest absolute Gasteiger partial charge is 0.505 e. The molecule has 0 fully saturated rings. The van der Waals surface area contributed by atoms with E-state index in [1.54, 1.807) is 0 Å². The number of hydrogen-bond donors (Lipinski definition) is 2. The monoisotopic (exact) mass is 314 g/mol. The number of rotatable bonds is 5. The minimum atomic E-state index is -3.61. The Morgan fingerprint density at radius 3 is 2.62 bits per heavy atom. The lowest BCUT2D eigenvalue weighted by atomic mass is 10.3. The van der Waals surface area contributed by atoms with Gasteiger partial charge in [0.25, 0.3) is 10.0 Å². The van der Waals surface area contributed by atoms with Gasteiger partial charge in [0.05, 0.1) is 6.54 Å². The van der Waals surface area contributed by atoms with Gasteiger partial charge in [-0.25, -0.2) is 17.1 Å². The summed E-state index contributed by atoms with van der Waals surface area (Å²) in [6, 6.07) is 6.75. The maximum atomic E-state index is 13.2. The Bertz CT molecular complexity index is 740. The number of anilines is 1. The molecule has 0 aliphatic heterocycles. The molecule has 114 valence electrons. The second-order valence-electron chi connectivity index (χ2n) is 4.53. The van der Waals surface area contributed by atoms with Crippen molar-refractivity contribution in [3.8, 4) is 5.75 Å². The highest BCUT2D eigenvalue weighted by Crippen LogP contribution is 2.21. The Balaban J connectivity index is 2.08. The first kappa shape index (κ1) is 15.3. The zero-order valence-corrected chi connectivity index (χ0v) is 12.3. The van der Waals surface area contributed by atoms with Crippen LogP contribution in [0.3, 0.4) is 0 Å². The third-order valence-electron chi connectivity index (χ3n) is 2.79. The van der Waals surface area contributed by atoms with Crippen LogP contribution in [0.15, 0.2) is 39.8 Å². The molecular formula is C13H15FN2O4S. The quantitative estimate of drug-likeness (QED) is 0.825. The van der Waals surface area contributed by atoms with Crippen molar-refractivity contribution in [2.45, 2.75) is 11.6 Å². The molecule has 2 rings (SSSR count). The van der Waals surface area contributed by atoms with Gasteiger partial charge >= 0.3 is 0 Å². The molecule has 0 saturated carbocycles. The van der Waals surface area contributed by atoms with Crippen molar-refractivity contribution >= 4 is 15.7 Å². The second-order valence-corrected chi connectivity index (χ2v) is 6.61. The van der Waals surface area contributed by atoms with Crippen LogP contribution in [0.25, 0.3) is 0 Å². The van der Waals surface area contributed by atoms with Gasteiger partial charge in [0.2, 0.25) is 5.09 Å². The van der Waals surface area contributed by atoms with Gasteiger partial charge in [-0.15, -0.1) is 0 Å². The highest BCUT2D eigenvalue weighted by Gasteiger charge is 2.21. The van der Waals surface area contributed by atoms with Crippen LogP contribution in [0.1, 0.15) is 5.76 Å². The van der Waals surface area contributed by atoms with Crippen molar-refractivity contribution in [3.05, 3.63) is 41.9 Å². The van der Waals surface area contributed by atoms with Gasteiger partial charge in [0.1, 0.15) is 5.76 Å². The second kappa shape index (κ2) is 5.74. The van der Waals surface area contributed by atoms with Crippen molar-refractivity contribution < 1.29 is 22.3 Å². The summed E-state index contributed by atoms with van der Waals surface area (Å²) < 4.78 is 43.1. The first-order chi connectivity index (χ1) is 9.80. The third kappa shape index (κ3) is 3.34. The predicted octanol–water partition coefficient (Wildman–Crippen LogP) is 1.99. The van der Waals surface area contributed by atoms with Crippen LogP contribution in [0.4, 0.5) is 10.1 Å². The Labute approximate surface area is 121 Å². The molecule has 0 saturated heterocycles. The number of nitrogens with zero attached hydrogens (tertiary/aromatic N) is 1. The summed E-state index contributed by atoms with van der Waals surface area (Å²) in [6.07, 6.45) is 0. The lowest BCUT2D eigenvalue weighted by Crippen LogP contribution is -2.21. The van der Waals surface area contributed by atoms with Crippen LogP contribution in [-0.2, 0) is 16.6 Å². The number of nitrogens with one attached hydrogen (secondary N) is 1. The summed E-state index contributed by atoms with van der Waals surface area (Å²) in [6.45, 7) is 0.188. The highest BCUT2D eigenvalue weighted by atomic mass is 32.2. The van der Waals surface area contributed by atoms with E-state index in [2.05, 4.69) is 5.32 Å². The molecule has 21 heavy (non-hydrogen) atoms.